The van der Waals surface area contributed by atoms with Gasteiger partial charge in [-0.1, -0.05) is 20.3 Å². The van der Waals surface area contributed by atoms with E-state index in [4.69, 9.17) is 4.42 Å². The number of aryl methyl sites for hydroxylation is 1. The van der Waals surface area contributed by atoms with Gasteiger partial charge in [0.25, 0.3) is 5.91 Å². The predicted molar refractivity (Wildman–Crippen MR) is 107 cm³/mol. The Kier molecular flexibility index (Phi) is 6.67. The van der Waals surface area contributed by atoms with Gasteiger partial charge in [0, 0.05) is 37.4 Å². The normalized spacial score (nSPS) is 16.8. The van der Waals surface area contributed by atoms with Crippen molar-refractivity contribution >= 4 is 5.91 Å². The fourth-order valence-electron chi connectivity index (χ4n) is 3.81. The topological polar surface area (TPSA) is 91.2 Å². The summed E-state index contributed by atoms with van der Waals surface area (Å²) in [6, 6.07) is 1.90. The van der Waals surface area contributed by atoms with Crippen LogP contribution in [0.2, 0.25) is 0 Å². The summed E-state index contributed by atoms with van der Waals surface area (Å²) in [6.07, 6.45) is 7.25. The lowest BCUT2D eigenvalue weighted by atomic mass is 10.00. The summed E-state index contributed by atoms with van der Waals surface area (Å²) in [4.78, 5) is 34.8. The van der Waals surface area contributed by atoms with Crippen LogP contribution in [-0.4, -0.2) is 39.9 Å². The molecule has 0 aliphatic carbocycles. The number of nitrogens with one attached hydrogen (secondary N) is 2. The van der Waals surface area contributed by atoms with E-state index in [1.54, 1.807) is 13.1 Å². The minimum absolute atomic E-state index is 0.0674. The Hall–Kier alpha value is -2.41. The third kappa shape index (κ3) is 4.90. The number of amides is 1. The third-order valence-corrected chi connectivity index (χ3v) is 5.45. The summed E-state index contributed by atoms with van der Waals surface area (Å²) < 4.78 is 5.45. The summed E-state index contributed by atoms with van der Waals surface area (Å²) in [6.45, 7) is 8.49. The molecule has 1 aliphatic rings. The number of hydrogen-bond acceptors (Lipinski definition) is 5. The van der Waals surface area contributed by atoms with Gasteiger partial charge in [-0.25, -0.2) is 9.78 Å². The smallest absolute Gasteiger partial charge is 0.349 e. The molecule has 28 heavy (non-hydrogen) atoms. The van der Waals surface area contributed by atoms with Gasteiger partial charge in [-0.15, -0.1) is 0 Å². The molecule has 0 aromatic carbocycles. The average Bonchev–Trinajstić information content (AvgIpc) is 3.16. The number of carbonyl (C=O) groups excluding carboxylic acids is 1. The SMILES string of the molecule is CCCC(C)c1cc(C)c(C(=O)NC2CCN(Cc3ncc[nH]3)CC2)c(=O)o1. The third-order valence-electron chi connectivity index (χ3n) is 5.45. The van der Waals surface area contributed by atoms with Crippen LogP contribution in [0.1, 0.15) is 73.0 Å². The number of imidazole rings is 1. The second-order valence-electron chi connectivity index (χ2n) is 7.74. The van der Waals surface area contributed by atoms with Gasteiger partial charge in [0.2, 0.25) is 0 Å². The zero-order valence-electron chi connectivity index (χ0n) is 17.0. The van der Waals surface area contributed by atoms with Crippen LogP contribution in [0.25, 0.3) is 0 Å². The highest BCUT2D eigenvalue weighted by atomic mass is 16.4. The Morgan fingerprint density at radius 1 is 1.43 bits per heavy atom. The Labute approximate surface area is 165 Å². The molecule has 3 heterocycles. The number of nitrogens with zero attached hydrogens (tertiary/aromatic N) is 2. The van der Waals surface area contributed by atoms with E-state index < -0.39 is 5.63 Å². The molecule has 1 saturated heterocycles. The number of likely N-dealkylation sites (tertiary alicyclic amines) is 1. The number of H-pyrrole nitrogens is 1. The van der Waals surface area contributed by atoms with Crippen molar-refractivity contribution in [2.45, 2.75) is 65.0 Å². The molecule has 1 fully saturated rings. The van der Waals surface area contributed by atoms with E-state index in [0.717, 1.165) is 51.1 Å². The highest BCUT2D eigenvalue weighted by Crippen LogP contribution is 2.21. The molecule has 0 bridgehead atoms. The Morgan fingerprint density at radius 3 is 2.79 bits per heavy atom. The fourth-order valence-corrected chi connectivity index (χ4v) is 3.81. The first kappa shape index (κ1) is 20.3. The van der Waals surface area contributed by atoms with Crippen LogP contribution in [0.15, 0.2) is 27.7 Å². The molecule has 3 rings (SSSR count). The van der Waals surface area contributed by atoms with Crippen molar-refractivity contribution < 1.29 is 9.21 Å². The summed E-state index contributed by atoms with van der Waals surface area (Å²) in [5, 5.41) is 3.02. The molecule has 1 atom stereocenters. The highest BCUT2D eigenvalue weighted by Gasteiger charge is 2.24. The molecule has 1 unspecified atom stereocenters. The molecule has 1 aliphatic heterocycles. The summed E-state index contributed by atoms with van der Waals surface area (Å²) >= 11 is 0. The molecule has 7 nitrogen and oxygen atoms in total. The largest absolute Gasteiger partial charge is 0.427 e. The maximum absolute atomic E-state index is 12.7. The Bertz CT molecular complexity index is 836. The van der Waals surface area contributed by atoms with Crippen LogP contribution in [0.5, 0.6) is 0 Å². The second kappa shape index (κ2) is 9.19. The fraction of sp³-hybridized carbons (Fsp3) is 0.571. The van der Waals surface area contributed by atoms with Crippen LogP contribution in [-0.2, 0) is 6.54 Å². The second-order valence-corrected chi connectivity index (χ2v) is 7.74. The minimum atomic E-state index is -0.536. The molecule has 0 radical (unpaired) electrons. The zero-order valence-corrected chi connectivity index (χ0v) is 17.0. The van der Waals surface area contributed by atoms with Crippen molar-refractivity contribution in [2.24, 2.45) is 0 Å². The number of carbonyl (C=O) groups is 1. The molecule has 0 saturated carbocycles. The van der Waals surface area contributed by atoms with Crippen LogP contribution in [0.4, 0.5) is 0 Å². The first-order valence-corrected chi connectivity index (χ1v) is 10.1. The van der Waals surface area contributed by atoms with Gasteiger partial charge in [-0.2, -0.15) is 0 Å². The maximum atomic E-state index is 12.7. The van der Waals surface area contributed by atoms with Crippen LogP contribution in [0, 0.1) is 6.92 Å². The quantitative estimate of drug-likeness (QED) is 0.763. The van der Waals surface area contributed by atoms with Crippen molar-refractivity contribution in [1.82, 2.24) is 20.2 Å². The lowest BCUT2D eigenvalue weighted by Crippen LogP contribution is -2.45. The number of hydrogen-bond donors (Lipinski definition) is 2. The van der Waals surface area contributed by atoms with E-state index in [1.807, 2.05) is 19.2 Å². The molecule has 7 heteroatoms. The van der Waals surface area contributed by atoms with E-state index in [9.17, 15) is 9.59 Å². The van der Waals surface area contributed by atoms with Crippen molar-refractivity contribution in [3.63, 3.8) is 0 Å². The lowest BCUT2D eigenvalue weighted by molar-refractivity contribution is 0.0903. The summed E-state index contributed by atoms with van der Waals surface area (Å²) in [5.41, 5.74) is 0.276. The van der Waals surface area contributed by atoms with Crippen LogP contribution < -0.4 is 10.9 Å². The van der Waals surface area contributed by atoms with Gasteiger partial charge >= 0.3 is 5.63 Å². The van der Waals surface area contributed by atoms with Gasteiger partial charge in [0.05, 0.1) is 6.54 Å². The van der Waals surface area contributed by atoms with Crippen molar-refractivity contribution in [1.29, 1.82) is 0 Å². The van der Waals surface area contributed by atoms with Crippen molar-refractivity contribution in [3.8, 4) is 0 Å². The molecular weight excluding hydrogens is 356 g/mol. The minimum Gasteiger partial charge on any atom is -0.427 e. The van der Waals surface area contributed by atoms with E-state index in [2.05, 4.69) is 27.1 Å². The highest BCUT2D eigenvalue weighted by molar-refractivity contribution is 5.95. The standard InChI is InChI=1S/C21H30N4O3/c1-4-5-14(2)17-12-15(3)19(21(27)28-17)20(26)24-16-6-10-25(11-7-16)13-18-22-8-9-23-18/h8-9,12,14,16H,4-7,10-11,13H2,1-3H3,(H,22,23)(H,24,26). The monoisotopic (exact) mass is 386 g/mol. The predicted octanol–water partition coefficient (Wildman–Crippen LogP) is 2.97. The first-order valence-electron chi connectivity index (χ1n) is 10.1. The average molecular weight is 386 g/mol. The zero-order chi connectivity index (χ0) is 20.1. The lowest BCUT2D eigenvalue weighted by Gasteiger charge is -2.31. The molecule has 2 N–H and O–H groups in total. The van der Waals surface area contributed by atoms with Gasteiger partial charge in [-0.05, 0) is 37.8 Å². The summed E-state index contributed by atoms with van der Waals surface area (Å²) in [5.74, 6) is 1.46. The maximum Gasteiger partial charge on any atom is 0.349 e. The van der Waals surface area contributed by atoms with Gasteiger partial charge in [0.1, 0.15) is 17.1 Å². The van der Waals surface area contributed by atoms with Crippen molar-refractivity contribution in [2.75, 3.05) is 13.1 Å². The number of aromatic nitrogens is 2. The van der Waals surface area contributed by atoms with Crippen LogP contribution >= 0.6 is 0 Å². The number of rotatable bonds is 7. The van der Waals surface area contributed by atoms with E-state index >= 15 is 0 Å². The molecule has 152 valence electrons. The molecule has 1 amide bonds. The van der Waals surface area contributed by atoms with Crippen LogP contribution in [0.3, 0.4) is 0 Å². The number of aromatic amines is 1. The van der Waals surface area contributed by atoms with E-state index in [0.29, 0.717) is 11.3 Å². The van der Waals surface area contributed by atoms with Gasteiger partial charge in [0.15, 0.2) is 0 Å². The van der Waals surface area contributed by atoms with E-state index in [1.165, 1.54) is 0 Å². The van der Waals surface area contributed by atoms with Crippen molar-refractivity contribution in [3.05, 3.63) is 51.6 Å². The summed E-state index contributed by atoms with van der Waals surface area (Å²) in [7, 11) is 0. The van der Waals surface area contributed by atoms with Gasteiger partial charge in [-0.3, -0.25) is 9.69 Å². The molecular formula is C21H30N4O3. The Morgan fingerprint density at radius 2 is 2.18 bits per heavy atom. The van der Waals surface area contributed by atoms with E-state index in [-0.39, 0.29) is 23.4 Å². The first-order chi connectivity index (χ1) is 13.5. The molecule has 2 aromatic rings. The Balaban J connectivity index is 1.58. The molecule has 2 aromatic heterocycles. The molecule has 0 spiro atoms. The number of piperidine rings is 1. The van der Waals surface area contributed by atoms with Gasteiger partial charge < -0.3 is 14.7 Å².